The zero-order chi connectivity index (χ0) is 21.8. The van der Waals surface area contributed by atoms with Crippen LogP contribution in [0.2, 0.25) is 0 Å². The van der Waals surface area contributed by atoms with Crippen molar-refractivity contribution >= 4 is 23.5 Å². The summed E-state index contributed by atoms with van der Waals surface area (Å²) in [5.74, 6) is 0.0811. The summed E-state index contributed by atoms with van der Waals surface area (Å²) in [6, 6.07) is 9.52. The highest BCUT2D eigenvalue weighted by atomic mass is 16.5. The van der Waals surface area contributed by atoms with Crippen molar-refractivity contribution in [3.8, 4) is 5.88 Å². The number of H-pyrrole nitrogens is 1. The predicted octanol–water partition coefficient (Wildman–Crippen LogP) is 2.98. The summed E-state index contributed by atoms with van der Waals surface area (Å²) >= 11 is 0. The fourth-order valence-corrected chi connectivity index (χ4v) is 3.60. The highest BCUT2D eigenvalue weighted by Gasteiger charge is 2.15. The highest BCUT2D eigenvalue weighted by molar-refractivity contribution is 5.92. The van der Waals surface area contributed by atoms with E-state index in [-0.39, 0.29) is 29.5 Å². The topological polar surface area (TPSA) is 109 Å². The molecule has 0 saturated carbocycles. The summed E-state index contributed by atoms with van der Waals surface area (Å²) in [4.78, 5) is 28.6. The first-order valence-electron chi connectivity index (χ1n) is 10.0. The minimum atomic E-state index is -0.377. The summed E-state index contributed by atoms with van der Waals surface area (Å²) in [5.41, 5.74) is 4.51. The number of benzene rings is 1. The molecule has 2 aromatic heterocycles. The van der Waals surface area contributed by atoms with E-state index < -0.39 is 0 Å². The summed E-state index contributed by atoms with van der Waals surface area (Å²) in [6.07, 6.45) is 6.33. The minimum Gasteiger partial charge on any atom is -0.469 e. The van der Waals surface area contributed by atoms with Crippen LogP contribution in [-0.4, -0.2) is 28.1 Å². The Bertz CT molecular complexity index is 1200. The lowest BCUT2D eigenvalue weighted by molar-refractivity contribution is 0.0958. The summed E-state index contributed by atoms with van der Waals surface area (Å²) in [7, 11) is 1.53. The van der Waals surface area contributed by atoms with E-state index in [0.717, 1.165) is 18.5 Å². The largest absolute Gasteiger partial charge is 0.469 e. The van der Waals surface area contributed by atoms with E-state index in [9.17, 15) is 9.59 Å². The van der Waals surface area contributed by atoms with Crippen LogP contribution in [-0.2, 0) is 19.4 Å². The molecular weight excluding hydrogens is 394 g/mol. The van der Waals surface area contributed by atoms with Crippen molar-refractivity contribution in [2.75, 3.05) is 12.4 Å². The van der Waals surface area contributed by atoms with Gasteiger partial charge in [-0.05, 0) is 60.2 Å². The molecule has 0 atom stereocenters. The number of nitrogens with one attached hydrogen (secondary N) is 3. The normalized spacial score (nSPS) is 12.2. The van der Waals surface area contributed by atoms with Crippen LogP contribution < -0.4 is 20.8 Å². The molecule has 1 aliphatic carbocycles. The molecule has 0 radical (unpaired) electrons. The lowest BCUT2D eigenvalue weighted by atomic mass is 10.1. The van der Waals surface area contributed by atoms with Crippen LogP contribution in [0.5, 0.6) is 5.88 Å². The van der Waals surface area contributed by atoms with Gasteiger partial charge in [-0.1, -0.05) is 18.7 Å². The van der Waals surface area contributed by atoms with Gasteiger partial charge in [0, 0.05) is 18.9 Å². The minimum absolute atomic E-state index is 0.0662. The van der Waals surface area contributed by atoms with E-state index in [0.29, 0.717) is 16.9 Å². The third kappa shape index (κ3) is 4.32. The molecule has 0 aliphatic heterocycles. The highest BCUT2D eigenvalue weighted by Crippen LogP contribution is 2.27. The molecule has 31 heavy (non-hydrogen) atoms. The van der Waals surface area contributed by atoms with Crippen molar-refractivity contribution in [2.45, 2.75) is 25.9 Å². The van der Waals surface area contributed by atoms with Gasteiger partial charge in [-0.2, -0.15) is 0 Å². The zero-order valence-electron chi connectivity index (χ0n) is 17.2. The van der Waals surface area contributed by atoms with E-state index in [1.807, 2.05) is 6.07 Å². The number of aromatic nitrogens is 3. The first kappa shape index (κ1) is 20.3. The number of fused-ring (bicyclic) bond motifs is 1. The number of ether oxygens (including phenoxy) is 1. The Hall–Kier alpha value is -3.94. The molecule has 1 aliphatic rings. The van der Waals surface area contributed by atoms with E-state index in [1.165, 1.54) is 36.9 Å². The van der Waals surface area contributed by atoms with Crippen molar-refractivity contribution in [1.82, 2.24) is 20.5 Å². The van der Waals surface area contributed by atoms with Gasteiger partial charge < -0.3 is 15.4 Å². The molecule has 0 spiro atoms. The van der Waals surface area contributed by atoms with Crippen LogP contribution in [0.15, 0.2) is 47.9 Å². The summed E-state index contributed by atoms with van der Waals surface area (Å²) in [6.45, 7) is 3.82. The lowest BCUT2D eigenvalue weighted by Crippen LogP contribution is -2.19. The Morgan fingerprint density at radius 2 is 2.10 bits per heavy atom. The summed E-state index contributed by atoms with van der Waals surface area (Å²) < 4.78 is 5.61. The Kier molecular flexibility index (Phi) is 5.79. The molecule has 1 amide bonds. The molecule has 4 rings (SSSR count). The van der Waals surface area contributed by atoms with E-state index in [4.69, 9.17) is 4.74 Å². The van der Waals surface area contributed by atoms with Crippen LogP contribution in [0.1, 0.15) is 39.2 Å². The second-order valence-electron chi connectivity index (χ2n) is 7.23. The first-order chi connectivity index (χ1) is 15.1. The average Bonchev–Trinajstić information content (AvgIpc) is 3.26. The zero-order valence-corrected chi connectivity index (χ0v) is 17.2. The average molecular weight is 417 g/mol. The number of amides is 1. The molecule has 3 N–H and O–H groups in total. The van der Waals surface area contributed by atoms with Gasteiger partial charge in [0.2, 0.25) is 0 Å². The molecule has 2 heterocycles. The van der Waals surface area contributed by atoms with Crippen molar-refractivity contribution in [3.63, 3.8) is 0 Å². The van der Waals surface area contributed by atoms with Crippen LogP contribution in [0.25, 0.3) is 6.08 Å². The van der Waals surface area contributed by atoms with Crippen molar-refractivity contribution < 1.29 is 9.53 Å². The van der Waals surface area contributed by atoms with Gasteiger partial charge in [0.05, 0.1) is 5.56 Å². The molecule has 0 bridgehead atoms. The van der Waals surface area contributed by atoms with Gasteiger partial charge in [0.15, 0.2) is 0 Å². The maximum Gasteiger partial charge on any atom is 0.280 e. The van der Waals surface area contributed by atoms with Crippen LogP contribution >= 0.6 is 0 Å². The van der Waals surface area contributed by atoms with Crippen LogP contribution in [0.4, 0.5) is 11.5 Å². The Morgan fingerprint density at radius 1 is 1.26 bits per heavy atom. The van der Waals surface area contributed by atoms with Gasteiger partial charge in [-0.25, -0.2) is 0 Å². The Morgan fingerprint density at radius 3 is 2.90 bits per heavy atom. The molecule has 158 valence electrons. The molecule has 0 fully saturated rings. The number of aromatic amines is 1. The Balaban J connectivity index is 1.52. The number of nitrogens with zero attached hydrogens (tertiary/aromatic N) is 2. The molecule has 8 heteroatoms. The third-order valence-corrected chi connectivity index (χ3v) is 5.21. The van der Waals surface area contributed by atoms with E-state index in [1.54, 1.807) is 12.1 Å². The van der Waals surface area contributed by atoms with E-state index >= 15 is 0 Å². The number of hydrogen-bond donors (Lipinski definition) is 3. The smallest absolute Gasteiger partial charge is 0.280 e. The number of rotatable bonds is 7. The van der Waals surface area contributed by atoms with Gasteiger partial charge in [-0.3, -0.25) is 19.7 Å². The number of hydrogen-bond acceptors (Lipinski definition) is 6. The summed E-state index contributed by atoms with van der Waals surface area (Å²) in [5, 5.41) is 12.7. The first-order valence-corrected chi connectivity index (χ1v) is 10.0. The maximum atomic E-state index is 12.8. The number of pyridine rings is 1. The second-order valence-corrected chi connectivity index (χ2v) is 7.23. The second kappa shape index (κ2) is 8.83. The third-order valence-electron chi connectivity index (χ3n) is 5.21. The van der Waals surface area contributed by atoms with Crippen molar-refractivity contribution in [1.29, 1.82) is 0 Å². The molecule has 8 nitrogen and oxygen atoms in total. The standard InChI is InChI=1S/C23H23N5O3/c1-3-18-20(29)23(31-13-14-9-10-25-19(11-14)22(30)24-2)28-27-21(18)26-17-8-7-15-5-4-6-16(15)12-17/h3,7-12H,1,4-6,13H2,2H3,(H,24,30)(H2,26,27,29). The molecule has 0 saturated heterocycles. The van der Waals surface area contributed by atoms with Gasteiger partial charge in [0.1, 0.15) is 18.1 Å². The maximum absolute atomic E-state index is 12.8. The van der Waals surface area contributed by atoms with Crippen molar-refractivity contribution in [3.05, 3.63) is 81.3 Å². The lowest BCUT2D eigenvalue weighted by Gasteiger charge is -2.12. The number of carbonyl (C=O) groups is 1. The van der Waals surface area contributed by atoms with E-state index in [2.05, 4.69) is 44.5 Å². The SMILES string of the molecule is C=Cc1c(Nc2ccc3c(c2)CCC3)[nH]nc(OCc2ccnc(C(=O)NC)c2)c1=O. The van der Waals surface area contributed by atoms with Gasteiger partial charge in [-0.15, -0.1) is 5.10 Å². The quantitative estimate of drug-likeness (QED) is 0.545. The number of aryl methyl sites for hydroxylation is 2. The Labute approximate surface area is 179 Å². The van der Waals surface area contributed by atoms with Gasteiger partial charge in [0.25, 0.3) is 17.2 Å². The van der Waals surface area contributed by atoms with Crippen LogP contribution in [0, 0.1) is 0 Å². The fraction of sp³-hybridized carbons (Fsp3) is 0.217. The molecule has 3 aromatic rings. The molecular formula is C23H23N5O3. The predicted molar refractivity (Wildman–Crippen MR) is 119 cm³/mol. The fourth-order valence-electron chi connectivity index (χ4n) is 3.60. The number of carbonyl (C=O) groups excluding carboxylic acids is 1. The van der Waals surface area contributed by atoms with Crippen molar-refractivity contribution in [2.24, 2.45) is 0 Å². The monoisotopic (exact) mass is 417 g/mol. The van der Waals surface area contributed by atoms with Crippen LogP contribution in [0.3, 0.4) is 0 Å². The molecule has 1 aromatic carbocycles. The van der Waals surface area contributed by atoms with Gasteiger partial charge >= 0.3 is 0 Å². The molecule has 0 unspecified atom stereocenters. The number of anilines is 2.